The number of H-pyrrole nitrogens is 1. The minimum Gasteiger partial charge on any atom is -0.377 e. The molecule has 108 valence electrons. The van der Waals surface area contributed by atoms with Gasteiger partial charge in [-0.25, -0.2) is 4.68 Å². The summed E-state index contributed by atoms with van der Waals surface area (Å²) in [4.78, 5) is 25.6. The van der Waals surface area contributed by atoms with Gasteiger partial charge in [-0.3, -0.25) is 9.59 Å². The molecule has 0 bridgehead atoms. The van der Waals surface area contributed by atoms with Crippen LogP contribution in [-0.2, 0) is 13.1 Å². The predicted molar refractivity (Wildman–Crippen MR) is 80.6 cm³/mol. The Morgan fingerprint density at radius 2 is 2.25 bits per heavy atom. The Kier molecular flexibility index (Phi) is 4.61. The van der Waals surface area contributed by atoms with Crippen molar-refractivity contribution in [3.05, 3.63) is 42.3 Å². The quantitative estimate of drug-likeness (QED) is 0.883. The Bertz CT molecular complexity index is 704. The van der Waals surface area contributed by atoms with E-state index in [-0.39, 0.29) is 15.5 Å². The summed E-state index contributed by atoms with van der Waals surface area (Å²) in [5, 5.41) is 8.91. The van der Waals surface area contributed by atoms with Gasteiger partial charge in [0, 0.05) is 17.6 Å². The number of thiazole rings is 1. The van der Waals surface area contributed by atoms with Crippen LogP contribution in [0.5, 0.6) is 0 Å². The first kappa shape index (κ1) is 14.8. The minimum atomic E-state index is -0.316. The van der Waals surface area contributed by atoms with Gasteiger partial charge in [0.1, 0.15) is 5.02 Å². The maximum atomic E-state index is 12.0. The summed E-state index contributed by atoms with van der Waals surface area (Å²) in [6, 6.07) is 0. The van der Waals surface area contributed by atoms with Crippen LogP contribution in [0.3, 0.4) is 0 Å². The standard InChI is InChI=1S/C12H15ClN4O2S/c1-7(2)5-17-11(18)10(13)9(4-15-17)14-3-8-6-20-12(19)16-8/h4,6-7,14H,3,5H2,1-2H3,(H,16,19). The van der Waals surface area contributed by atoms with Crippen LogP contribution in [-0.4, -0.2) is 14.8 Å². The van der Waals surface area contributed by atoms with E-state index in [2.05, 4.69) is 15.4 Å². The molecule has 0 spiro atoms. The van der Waals surface area contributed by atoms with E-state index in [0.717, 1.165) is 17.0 Å². The van der Waals surface area contributed by atoms with Crippen LogP contribution in [0.4, 0.5) is 5.69 Å². The monoisotopic (exact) mass is 314 g/mol. The van der Waals surface area contributed by atoms with Gasteiger partial charge in [0.05, 0.1) is 18.4 Å². The molecular weight excluding hydrogens is 300 g/mol. The number of rotatable bonds is 5. The molecule has 2 N–H and O–H groups in total. The lowest BCUT2D eigenvalue weighted by molar-refractivity contribution is 0.464. The van der Waals surface area contributed by atoms with Crippen molar-refractivity contribution < 1.29 is 0 Å². The fraction of sp³-hybridized carbons (Fsp3) is 0.417. The highest BCUT2D eigenvalue weighted by Gasteiger charge is 2.10. The second kappa shape index (κ2) is 6.23. The lowest BCUT2D eigenvalue weighted by Gasteiger charge is -2.11. The molecule has 0 unspecified atom stereocenters. The molecule has 20 heavy (non-hydrogen) atoms. The average Bonchev–Trinajstić information content (AvgIpc) is 2.79. The molecule has 0 radical (unpaired) electrons. The minimum absolute atomic E-state index is 0.109. The first-order valence-corrected chi connectivity index (χ1v) is 7.39. The third-order valence-electron chi connectivity index (χ3n) is 2.56. The van der Waals surface area contributed by atoms with E-state index in [0.29, 0.717) is 24.7 Å². The zero-order valence-corrected chi connectivity index (χ0v) is 12.7. The molecule has 0 saturated heterocycles. The molecule has 0 aliphatic carbocycles. The van der Waals surface area contributed by atoms with Crippen molar-refractivity contribution in [1.29, 1.82) is 0 Å². The predicted octanol–water partition coefficient (Wildman–Crippen LogP) is 1.91. The number of nitrogens with zero attached hydrogens (tertiary/aromatic N) is 2. The summed E-state index contributed by atoms with van der Waals surface area (Å²) in [7, 11) is 0. The van der Waals surface area contributed by atoms with Crippen LogP contribution in [0, 0.1) is 5.92 Å². The molecule has 8 heteroatoms. The van der Waals surface area contributed by atoms with E-state index < -0.39 is 0 Å². The largest absolute Gasteiger partial charge is 0.377 e. The van der Waals surface area contributed by atoms with Gasteiger partial charge in [0.15, 0.2) is 0 Å². The van der Waals surface area contributed by atoms with Crippen LogP contribution in [0.25, 0.3) is 0 Å². The van der Waals surface area contributed by atoms with E-state index >= 15 is 0 Å². The summed E-state index contributed by atoms with van der Waals surface area (Å²) in [6.07, 6.45) is 1.52. The van der Waals surface area contributed by atoms with Crippen molar-refractivity contribution in [2.45, 2.75) is 26.9 Å². The number of hydrogen-bond donors (Lipinski definition) is 2. The van der Waals surface area contributed by atoms with Crippen molar-refractivity contribution in [1.82, 2.24) is 14.8 Å². The molecule has 0 aromatic carbocycles. The van der Waals surface area contributed by atoms with Crippen molar-refractivity contribution in [2.24, 2.45) is 5.92 Å². The maximum Gasteiger partial charge on any atom is 0.304 e. The zero-order chi connectivity index (χ0) is 14.7. The topological polar surface area (TPSA) is 79.8 Å². The number of aromatic amines is 1. The maximum absolute atomic E-state index is 12.0. The van der Waals surface area contributed by atoms with E-state index in [1.54, 1.807) is 5.38 Å². The van der Waals surface area contributed by atoms with Gasteiger partial charge >= 0.3 is 4.87 Å². The van der Waals surface area contributed by atoms with Gasteiger partial charge in [-0.05, 0) is 5.92 Å². The van der Waals surface area contributed by atoms with Crippen molar-refractivity contribution in [3.8, 4) is 0 Å². The van der Waals surface area contributed by atoms with Gasteiger partial charge in [-0.2, -0.15) is 5.10 Å². The van der Waals surface area contributed by atoms with Crippen molar-refractivity contribution >= 4 is 28.6 Å². The molecule has 0 fully saturated rings. The first-order valence-electron chi connectivity index (χ1n) is 6.13. The fourth-order valence-electron chi connectivity index (χ4n) is 1.66. The van der Waals surface area contributed by atoms with Gasteiger partial charge in [-0.15, -0.1) is 0 Å². The lowest BCUT2D eigenvalue weighted by Crippen LogP contribution is -2.26. The summed E-state index contributed by atoms with van der Waals surface area (Å²) in [6.45, 7) is 4.91. The van der Waals surface area contributed by atoms with Gasteiger partial charge in [0.25, 0.3) is 5.56 Å². The van der Waals surface area contributed by atoms with Crippen LogP contribution in [0.2, 0.25) is 5.02 Å². The summed E-state index contributed by atoms with van der Waals surface area (Å²) in [5.41, 5.74) is 0.885. The van der Waals surface area contributed by atoms with Crippen LogP contribution >= 0.6 is 22.9 Å². The first-order chi connectivity index (χ1) is 9.47. The SMILES string of the molecule is CC(C)Cn1ncc(NCc2csc(=O)[nH]2)c(Cl)c1=O. The molecule has 2 heterocycles. The van der Waals surface area contributed by atoms with E-state index in [9.17, 15) is 9.59 Å². The fourth-order valence-corrected chi connectivity index (χ4v) is 2.45. The van der Waals surface area contributed by atoms with Crippen molar-refractivity contribution in [2.75, 3.05) is 5.32 Å². The highest BCUT2D eigenvalue weighted by atomic mass is 35.5. The summed E-state index contributed by atoms with van der Waals surface area (Å²) < 4.78 is 1.35. The van der Waals surface area contributed by atoms with Crippen LogP contribution < -0.4 is 15.7 Å². The van der Waals surface area contributed by atoms with Crippen LogP contribution in [0.15, 0.2) is 21.2 Å². The molecule has 0 saturated carbocycles. The molecule has 2 rings (SSSR count). The molecular formula is C12H15ClN4O2S. The van der Waals surface area contributed by atoms with E-state index in [1.807, 2.05) is 13.8 Å². The van der Waals surface area contributed by atoms with E-state index in [4.69, 9.17) is 11.6 Å². The smallest absolute Gasteiger partial charge is 0.304 e. The van der Waals surface area contributed by atoms with Gasteiger partial charge in [0.2, 0.25) is 0 Å². The van der Waals surface area contributed by atoms with Crippen molar-refractivity contribution in [3.63, 3.8) is 0 Å². The average molecular weight is 315 g/mol. The Labute approximate surface area is 124 Å². The highest BCUT2D eigenvalue weighted by Crippen LogP contribution is 2.16. The Morgan fingerprint density at radius 1 is 1.50 bits per heavy atom. The number of nitrogens with one attached hydrogen (secondary N) is 2. The molecule has 0 aliphatic rings. The second-order valence-electron chi connectivity index (χ2n) is 4.78. The highest BCUT2D eigenvalue weighted by molar-refractivity contribution is 7.07. The lowest BCUT2D eigenvalue weighted by atomic mass is 10.2. The molecule has 6 nitrogen and oxygen atoms in total. The third-order valence-corrected chi connectivity index (χ3v) is 3.65. The Balaban J connectivity index is 2.15. The normalized spacial score (nSPS) is 11.0. The molecule has 2 aromatic heterocycles. The Morgan fingerprint density at radius 3 is 2.85 bits per heavy atom. The van der Waals surface area contributed by atoms with Crippen LogP contribution in [0.1, 0.15) is 19.5 Å². The molecule has 0 atom stereocenters. The molecule has 2 aromatic rings. The Hall–Kier alpha value is -1.60. The zero-order valence-electron chi connectivity index (χ0n) is 11.1. The number of hydrogen-bond acceptors (Lipinski definition) is 5. The van der Waals surface area contributed by atoms with Gasteiger partial charge < -0.3 is 10.3 Å². The van der Waals surface area contributed by atoms with Gasteiger partial charge in [-0.1, -0.05) is 36.8 Å². The summed E-state index contributed by atoms with van der Waals surface area (Å²) in [5.74, 6) is 0.311. The third kappa shape index (κ3) is 3.49. The molecule has 0 amide bonds. The number of halogens is 1. The molecule has 0 aliphatic heterocycles. The number of anilines is 1. The summed E-state index contributed by atoms with van der Waals surface area (Å²) >= 11 is 7.14. The second-order valence-corrected chi connectivity index (χ2v) is 6.00. The van der Waals surface area contributed by atoms with E-state index in [1.165, 1.54) is 10.9 Å². The number of aromatic nitrogens is 3.